The van der Waals surface area contributed by atoms with Gasteiger partial charge in [0, 0.05) is 17.3 Å². The highest BCUT2D eigenvalue weighted by Crippen LogP contribution is 2.23. The Kier molecular flexibility index (Phi) is 2.52. The van der Waals surface area contributed by atoms with Crippen molar-refractivity contribution in [1.29, 1.82) is 0 Å². The summed E-state index contributed by atoms with van der Waals surface area (Å²) in [5.74, 6) is -0.157. The molecule has 0 N–H and O–H groups in total. The van der Waals surface area contributed by atoms with Crippen molar-refractivity contribution >= 4 is 23.1 Å². The second kappa shape index (κ2) is 3.83. The number of fused-ring (bicyclic) bond motifs is 1. The molecule has 0 spiro atoms. The van der Waals surface area contributed by atoms with Crippen LogP contribution in [0.5, 0.6) is 0 Å². The Bertz CT molecular complexity index is 500. The maximum Gasteiger partial charge on any atom is 0.205 e. The van der Waals surface area contributed by atoms with Crippen LogP contribution in [0.2, 0.25) is 0 Å². The SMILES string of the molecule is C=CN=C1C=C(Cl)C(=O)c2ccccc21. The summed E-state index contributed by atoms with van der Waals surface area (Å²) >= 11 is 5.82. The van der Waals surface area contributed by atoms with Crippen LogP contribution in [-0.2, 0) is 0 Å². The Morgan fingerprint density at radius 1 is 1.27 bits per heavy atom. The van der Waals surface area contributed by atoms with Crippen LogP contribution in [0.4, 0.5) is 0 Å². The molecular formula is C12H8ClNO. The first-order valence-electron chi connectivity index (χ1n) is 4.44. The first-order chi connectivity index (χ1) is 7.24. The topological polar surface area (TPSA) is 29.4 Å². The first-order valence-corrected chi connectivity index (χ1v) is 4.82. The van der Waals surface area contributed by atoms with E-state index in [4.69, 9.17) is 11.6 Å². The van der Waals surface area contributed by atoms with Gasteiger partial charge in [-0.15, -0.1) is 0 Å². The number of carbonyl (C=O) groups is 1. The smallest absolute Gasteiger partial charge is 0.205 e. The number of nitrogens with zero attached hydrogens (tertiary/aromatic N) is 1. The van der Waals surface area contributed by atoms with Crippen LogP contribution in [0, 0.1) is 0 Å². The molecule has 0 bridgehead atoms. The van der Waals surface area contributed by atoms with Crippen molar-refractivity contribution in [2.75, 3.05) is 0 Å². The monoisotopic (exact) mass is 217 g/mol. The molecule has 0 amide bonds. The van der Waals surface area contributed by atoms with Gasteiger partial charge in [0.2, 0.25) is 5.78 Å². The highest BCUT2D eigenvalue weighted by molar-refractivity contribution is 6.49. The number of aliphatic imine (C=N–C) groups is 1. The van der Waals surface area contributed by atoms with Crippen LogP contribution in [0.3, 0.4) is 0 Å². The summed E-state index contributed by atoms with van der Waals surface area (Å²) in [4.78, 5) is 15.8. The van der Waals surface area contributed by atoms with Gasteiger partial charge in [0.05, 0.1) is 10.7 Å². The molecule has 0 fully saturated rings. The van der Waals surface area contributed by atoms with Crippen LogP contribution in [0.15, 0.2) is 53.1 Å². The van der Waals surface area contributed by atoms with E-state index >= 15 is 0 Å². The third-order valence-corrected chi connectivity index (χ3v) is 2.44. The second-order valence-electron chi connectivity index (χ2n) is 3.06. The second-order valence-corrected chi connectivity index (χ2v) is 3.47. The van der Waals surface area contributed by atoms with E-state index in [1.165, 1.54) is 6.20 Å². The Labute approximate surface area is 92.6 Å². The Hall–Kier alpha value is -1.67. The highest BCUT2D eigenvalue weighted by atomic mass is 35.5. The average molecular weight is 218 g/mol. The van der Waals surface area contributed by atoms with E-state index in [9.17, 15) is 4.79 Å². The van der Waals surface area contributed by atoms with E-state index in [2.05, 4.69) is 11.6 Å². The number of hydrogen-bond donors (Lipinski definition) is 0. The zero-order chi connectivity index (χ0) is 10.8. The van der Waals surface area contributed by atoms with Gasteiger partial charge in [-0.1, -0.05) is 42.4 Å². The van der Waals surface area contributed by atoms with Crippen molar-refractivity contribution in [1.82, 2.24) is 0 Å². The highest BCUT2D eigenvalue weighted by Gasteiger charge is 2.21. The molecule has 0 unspecified atom stereocenters. The van der Waals surface area contributed by atoms with Crippen LogP contribution < -0.4 is 0 Å². The summed E-state index contributed by atoms with van der Waals surface area (Å²) in [6.45, 7) is 3.53. The van der Waals surface area contributed by atoms with Gasteiger partial charge in [0.15, 0.2) is 0 Å². The lowest BCUT2D eigenvalue weighted by atomic mass is 9.94. The summed E-state index contributed by atoms with van der Waals surface area (Å²) in [6, 6.07) is 7.25. The molecule has 0 saturated heterocycles. The molecule has 0 aliphatic heterocycles. The van der Waals surface area contributed by atoms with Gasteiger partial charge in [-0.25, -0.2) is 0 Å². The number of rotatable bonds is 1. The molecule has 2 rings (SSSR count). The molecular weight excluding hydrogens is 210 g/mol. The van der Waals surface area contributed by atoms with Crippen molar-refractivity contribution in [2.24, 2.45) is 4.99 Å². The third-order valence-electron chi connectivity index (χ3n) is 2.16. The van der Waals surface area contributed by atoms with Crippen molar-refractivity contribution in [3.05, 3.63) is 59.3 Å². The van der Waals surface area contributed by atoms with E-state index in [1.807, 2.05) is 12.1 Å². The lowest BCUT2D eigenvalue weighted by Crippen LogP contribution is -2.14. The summed E-state index contributed by atoms with van der Waals surface area (Å²) in [6.07, 6.45) is 3.00. The molecule has 0 saturated carbocycles. The summed E-state index contributed by atoms with van der Waals surface area (Å²) < 4.78 is 0. The van der Waals surface area contributed by atoms with E-state index < -0.39 is 0 Å². The predicted octanol–water partition coefficient (Wildman–Crippen LogP) is 2.94. The Morgan fingerprint density at radius 3 is 2.60 bits per heavy atom. The van der Waals surface area contributed by atoms with Gasteiger partial charge < -0.3 is 0 Å². The van der Waals surface area contributed by atoms with E-state index in [1.54, 1.807) is 18.2 Å². The normalized spacial score (nSPS) is 17.3. The minimum atomic E-state index is -0.157. The molecule has 74 valence electrons. The largest absolute Gasteiger partial charge is 0.288 e. The lowest BCUT2D eigenvalue weighted by Gasteiger charge is -2.13. The molecule has 1 aromatic rings. The molecule has 1 aliphatic carbocycles. The van der Waals surface area contributed by atoms with Gasteiger partial charge in [-0.3, -0.25) is 9.79 Å². The standard InChI is InChI=1S/C12H8ClNO/c1-2-14-11-7-10(13)12(15)9-6-4-3-5-8(9)11/h2-7H,1H2. The van der Waals surface area contributed by atoms with Gasteiger partial charge in [-0.2, -0.15) is 0 Å². The fourth-order valence-electron chi connectivity index (χ4n) is 1.50. The molecule has 0 aromatic heterocycles. The Morgan fingerprint density at radius 2 is 1.93 bits per heavy atom. The van der Waals surface area contributed by atoms with Crippen LogP contribution in [0.1, 0.15) is 15.9 Å². The van der Waals surface area contributed by atoms with Crippen molar-refractivity contribution < 1.29 is 4.79 Å². The fourth-order valence-corrected chi connectivity index (χ4v) is 1.71. The number of ketones is 1. The number of hydrogen-bond acceptors (Lipinski definition) is 2. The number of Topliss-reactive ketones (excluding diaryl/α,β-unsaturated/α-hetero) is 1. The van der Waals surface area contributed by atoms with Gasteiger partial charge in [0.1, 0.15) is 0 Å². The van der Waals surface area contributed by atoms with E-state index in [-0.39, 0.29) is 10.8 Å². The maximum absolute atomic E-state index is 11.7. The molecule has 0 heterocycles. The number of allylic oxidation sites excluding steroid dienone is 2. The zero-order valence-corrected chi connectivity index (χ0v) is 8.66. The van der Waals surface area contributed by atoms with E-state index in [0.717, 1.165) is 5.56 Å². The maximum atomic E-state index is 11.7. The van der Waals surface area contributed by atoms with Crippen molar-refractivity contribution in [3.8, 4) is 0 Å². The molecule has 0 atom stereocenters. The first kappa shape index (κ1) is 9.87. The lowest BCUT2D eigenvalue weighted by molar-refractivity contribution is 0.104. The third kappa shape index (κ3) is 1.64. The molecule has 1 aromatic carbocycles. The molecule has 1 aliphatic rings. The van der Waals surface area contributed by atoms with Gasteiger partial charge in [0.25, 0.3) is 0 Å². The zero-order valence-electron chi connectivity index (χ0n) is 7.90. The average Bonchev–Trinajstić information content (AvgIpc) is 2.26. The molecule has 15 heavy (non-hydrogen) atoms. The van der Waals surface area contributed by atoms with Crippen LogP contribution in [0.25, 0.3) is 0 Å². The summed E-state index contributed by atoms with van der Waals surface area (Å²) in [7, 11) is 0. The van der Waals surface area contributed by atoms with Crippen LogP contribution >= 0.6 is 11.6 Å². The predicted molar refractivity (Wildman–Crippen MR) is 61.4 cm³/mol. The van der Waals surface area contributed by atoms with Gasteiger partial charge >= 0.3 is 0 Å². The fraction of sp³-hybridized carbons (Fsp3) is 0. The molecule has 3 heteroatoms. The van der Waals surface area contributed by atoms with Crippen molar-refractivity contribution in [2.45, 2.75) is 0 Å². The van der Waals surface area contributed by atoms with E-state index in [0.29, 0.717) is 11.3 Å². The summed E-state index contributed by atoms with van der Waals surface area (Å²) in [5, 5.41) is 0.189. The summed E-state index contributed by atoms with van der Waals surface area (Å²) in [5.41, 5.74) is 2.06. The molecule has 0 radical (unpaired) electrons. The number of halogens is 1. The quantitative estimate of drug-likeness (QED) is 0.711. The van der Waals surface area contributed by atoms with Gasteiger partial charge in [-0.05, 0) is 6.08 Å². The number of carbonyl (C=O) groups excluding carboxylic acids is 1. The number of benzene rings is 1. The molecule has 2 nitrogen and oxygen atoms in total. The minimum Gasteiger partial charge on any atom is -0.288 e. The van der Waals surface area contributed by atoms with Crippen LogP contribution in [-0.4, -0.2) is 11.5 Å². The van der Waals surface area contributed by atoms with Crippen molar-refractivity contribution in [3.63, 3.8) is 0 Å². The minimum absolute atomic E-state index is 0.157. The Balaban J connectivity index is 2.68.